The van der Waals surface area contributed by atoms with E-state index in [-0.39, 0.29) is 23.8 Å². The molecule has 8 nitrogen and oxygen atoms in total. The third kappa shape index (κ3) is 4.95. The van der Waals surface area contributed by atoms with Crippen molar-refractivity contribution in [2.75, 3.05) is 38.6 Å². The van der Waals surface area contributed by atoms with Gasteiger partial charge in [-0.25, -0.2) is 4.98 Å². The minimum absolute atomic E-state index is 0.0184. The first kappa shape index (κ1) is 22.7. The molecular formula is C24H36N6O2. The van der Waals surface area contributed by atoms with Crippen molar-refractivity contribution < 1.29 is 9.21 Å². The molecule has 8 heteroatoms. The Morgan fingerprint density at radius 3 is 2.59 bits per heavy atom. The van der Waals surface area contributed by atoms with Gasteiger partial charge in [-0.1, -0.05) is 19.9 Å². The first-order valence-corrected chi connectivity index (χ1v) is 11.9. The molecule has 174 valence electrons. The Bertz CT molecular complexity index is 903. The number of amides is 1. The number of carbonyl (C=O) groups is 1. The highest BCUT2D eigenvalue weighted by Gasteiger charge is 2.34. The van der Waals surface area contributed by atoms with Crippen LogP contribution in [0, 0.1) is 5.92 Å². The molecule has 0 aliphatic carbocycles. The summed E-state index contributed by atoms with van der Waals surface area (Å²) in [7, 11) is 4.07. The molecule has 0 spiro atoms. The molecule has 0 saturated carbocycles. The van der Waals surface area contributed by atoms with Gasteiger partial charge >= 0.3 is 0 Å². The zero-order valence-electron chi connectivity index (χ0n) is 19.8. The standard InChI is InChI=1S/C24H36N6O2/c1-17(2)24(31)30-13-6-5-9-20(30)23-27-26-22(32-23)18-10-14-29(15-11-18)16-19-8-7-12-25-21(19)28(3)4/h7-8,12,17-18,20H,5-6,9-11,13-16H2,1-4H3/t20-/m0/s1. The molecule has 0 radical (unpaired) electrons. The van der Waals surface area contributed by atoms with Crippen LogP contribution in [-0.4, -0.2) is 64.6 Å². The van der Waals surface area contributed by atoms with Crippen molar-refractivity contribution in [3.05, 3.63) is 35.7 Å². The lowest BCUT2D eigenvalue weighted by Crippen LogP contribution is -2.40. The van der Waals surface area contributed by atoms with E-state index in [1.54, 1.807) is 0 Å². The van der Waals surface area contributed by atoms with E-state index in [1.807, 2.05) is 45.1 Å². The predicted molar refractivity (Wildman–Crippen MR) is 123 cm³/mol. The van der Waals surface area contributed by atoms with E-state index in [4.69, 9.17) is 4.42 Å². The Morgan fingerprint density at radius 2 is 1.88 bits per heavy atom. The molecule has 2 saturated heterocycles. The minimum atomic E-state index is -0.0741. The Hall–Kier alpha value is -2.48. The summed E-state index contributed by atoms with van der Waals surface area (Å²) in [5.41, 5.74) is 1.25. The molecule has 2 fully saturated rings. The number of likely N-dealkylation sites (tertiary alicyclic amines) is 2. The van der Waals surface area contributed by atoms with E-state index >= 15 is 0 Å². The van der Waals surface area contributed by atoms with Gasteiger partial charge in [0.2, 0.25) is 17.7 Å². The molecule has 0 bridgehead atoms. The fraction of sp³-hybridized carbons (Fsp3) is 0.667. The highest BCUT2D eigenvalue weighted by molar-refractivity contribution is 5.78. The van der Waals surface area contributed by atoms with E-state index in [0.29, 0.717) is 5.89 Å². The van der Waals surface area contributed by atoms with Crippen molar-refractivity contribution in [1.82, 2.24) is 25.0 Å². The first-order valence-electron chi connectivity index (χ1n) is 11.9. The average Bonchev–Trinajstić information content (AvgIpc) is 3.29. The van der Waals surface area contributed by atoms with Crippen molar-refractivity contribution in [2.45, 2.75) is 64.5 Å². The summed E-state index contributed by atoms with van der Waals surface area (Å²) in [4.78, 5) is 23.7. The van der Waals surface area contributed by atoms with Gasteiger partial charge in [-0.15, -0.1) is 10.2 Å². The summed E-state index contributed by atoms with van der Waals surface area (Å²) in [6.45, 7) is 7.57. The van der Waals surface area contributed by atoms with Gasteiger partial charge in [-0.2, -0.15) is 0 Å². The molecular weight excluding hydrogens is 404 g/mol. The number of rotatable bonds is 6. The number of pyridine rings is 1. The molecule has 1 atom stereocenters. The van der Waals surface area contributed by atoms with E-state index in [1.165, 1.54) is 5.56 Å². The molecule has 0 unspecified atom stereocenters. The second kappa shape index (κ2) is 9.98. The Kier molecular flexibility index (Phi) is 7.08. The number of anilines is 1. The summed E-state index contributed by atoms with van der Waals surface area (Å²) in [5.74, 6) is 2.82. The van der Waals surface area contributed by atoms with Crippen molar-refractivity contribution in [3.8, 4) is 0 Å². The highest BCUT2D eigenvalue weighted by Crippen LogP contribution is 2.34. The smallest absolute Gasteiger partial charge is 0.238 e. The van der Waals surface area contributed by atoms with Crippen LogP contribution in [0.15, 0.2) is 22.7 Å². The number of carbonyl (C=O) groups excluding carboxylic acids is 1. The molecule has 4 heterocycles. The van der Waals surface area contributed by atoms with Crippen LogP contribution < -0.4 is 4.90 Å². The maximum atomic E-state index is 12.7. The van der Waals surface area contributed by atoms with Crippen molar-refractivity contribution in [2.24, 2.45) is 5.92 Å². The monoisotopic (exact) mass is 440 g/mol. The van der Waals surface area contributed by atoms with Crippen molar-refractivity contribution in [3.63, 3.8) is 0 Å². The van der Waals surface area contributed by atoms with Gasteiger partial charge in [-0.3, -0.25) is 9.69 Å². The second-order valence-electron chi connectivity index (χ2n) is 9.61. The zero-order valence-corrected chi connectivity index (χ0v) is 19.8. The van der Waals surface area contributed by atoms with E-state index < -0.39 is 0 Å². The Balaban J connectivity index is 1.37. The van der Waals surface area contributed by atoms with Crippen LogP contribution in [0.4, 0.5) is 5.82 Å². The molecule has 2 aromatic heterocycles. The van der Waals surface area contributed by atoms with Gasteiger partial charge in [0.05, 0.1) is 0 Å². The van der Waals surface area contributed by atoms with Gasteiger partial charge in [0, 0.05) is 50.8 Å². The lowest BCUT2D eigenvalue weighted by molar-refractivity contribution is -0.139. The lowest BCUT2D eigenvalue weighted by atomic mass is 9.96. The molecule has 2 aromatic rings. The first-order chi connectivity index (χ1) is 15.4. The highest BCUT2D eigenvalue weighted by atomic mass is 16.4. The van der Waals surface area contributed by atoms with E-state index in [0.717, 1.165) is 70.0 Å². The van der Waals surface area contributed by atoms with E-state index in [9.17, 15) is 4.79 Å². The summed E-state index contributed by atoms with van der Waals surface area (Å²) < 4.78 is 6.18. The van der Waals surface area contributed by atoms with Crippen LogP contribution in [0.2, 0.25) is 0 Å². The number of aromatic nitrogens is 3. The van der Waals surface area contributed by atoms with Crippen LogP contribution >= 0.6 is 0 Å². The normalized spacial score (nSPS) is 20.7. The number of hydrogen-bond acceptors (Lipinski definition) is 7. The molecule has 4 rings (SSSR count). The molecule has 2 aliphatic rings. The SMILES string of the molecule is CC(C)C(=O)N1CCCC[C@H]1c1nnc(C2CCN(Cc3cccnc3N(C)C)CC2)o1. The quantitative estimate of drug-likeness (QED) is 0.679. The predicted octanol–water partition coefficient (Wildman–Crippen LogP) is 3.62. The van der Waals surface area contributed by atoms with Gasteiger partial charge in [0.1, 0.15) is 11.9 Å². The summed E-state index contributed by atoms with van der Waals surface area (Å²) >= 11 is 0. The number of piperidine rings is 2. The van der Waals surface area contributed by atoms with E-state index in [2.05, 4.69) is 31.0 Å². The van der Waals surface area contributed by atoms with Crippen LogP contribution in [0.1, 0.15) is 75.3 Å². The zero-order chi connectivity index (χ0) is 22.7. The van der Waals surface area contributed by atoms with Crippen LogP contribution in [-0.2, 0) is 11.3 Å². The van der Waals surface area contributed by atoms with Crippen molar-refractivity contribution >= 4 is 11.7 Å². The summed E-state index contributed by atoms with van der Waals surface area (Å²) in [5, 5.41) is 8.80. The molecule has 0 aromatic carbocycles. The summed E-state index contributed by atoms with van der Waals surface area (Å²) in [6.07, 6.45) is 6.88. The average molecular weight is 441 g/mol. The Morgan fingerprint density at radius 1 is 1.12 bits per heavy atom. The second-order valence-corrected chi connectivity index (χ2v) is 9.61. The van der Waals surface area contributed by atoms with Crippen molar-refractivity contribution in [1.29, 1.82) is 0 Å². The van der Waals surface area contributed by atoms with Gasteiger partial charge in [0.25, 0.3) is 0 Å². The Labute approximate surface area is 191 Å². The maximum absolute atomic E-state index is 12.7. The fourth-order valence-corrected chi connectivity index (χ4v) is 4.87. The van der Waals surface area contributed by atoms with Crippen LogP contribution in [0.25, 0.3) is 0 Å². The molecule has 2 aliphatic heterocycles. The minimum Gasteiger partial charge on any atom is -0.423 e. The van der Waals surface area contributed by atoms with Crippen LogP contribution in [0.3, 0.4) is 0 Å². The van der Waals surface area contributed by atoms with Gasteiger partial charge < -0.3 is 14.2 Å². The molecule has 1 amide bonds. The largest absolute Gasteiger partial charge is 0.423 e. The fourth-order valence-electron chi connectivity index (χ4n) is 4.87. The number of hydrogen-bond donors (Lipinski definition) is 0. The third-order valence-electron chi connectivity index (χ3n) is 6.64. The molecule has 32 heavy (non-hydrogen) atoms. The third-order valence-corrected chi connectivity index (χ3v) is 6.64. The van der Waals surface area contributed by atoms with Crippen LogP contribution in [0.5, 0.6) is 0 Å². The maximum Gasteiger partial charge on any atom is 0.238 e. The lowest BCUT2D eigenvalue weighted by Gasteiger charge is -2.34. The summed E-state index contributed by atoms with van der Waals surface area (Å²) in [6, 6.07) is 4.09. The van der Waals surface area contributed by atoms with Gasteiger partial charge in [-0.05, 0) is 51.3 Å². The number of nitrogens with zero attached hydrogens (tertiary/aromatic N) is 6. The topological polar surface area (TPSA) is 78.6 Å². The van der Waals surface area contributed by atoms with Gasteiger partial charge in [0.15, 0.2) is 0 Å². The molecule has 0 N–H and O–H groups in total.